The number of aliphatic hydroxyl groups is 1. The van der Waals surface area contributed by atoms with Crippen LogP contribution in [0, 0.1) is 0 Å². The fraction of sp³-hybridized carbons (Fsp3) is 0.846. The molecule has 2 N–H and O–H groups in total. The topological polar surface area (TPSA) is 72.9 Å². The summed E-state index contributed by atoms with van der Waals surface area (Å²) in [6, 6.07) is -0.0315. The maximum atomic E-state index is 12.4. The monoisotopic (exact) mass is 309 g/mol. The van der Waals surface area contributed by atoms with E-state index in [-0.39, 0.29) is 38.2 Å². The molecule has 8 heteroatoms. The number of rotatable bonds is 10. The largest absolute Gasteiger partial charge is 0.395 e. The smallest absolute Gasteiger partial charge is 0.251 e. The molecule has 0 bridgehead atoms. The number of nitrogens with one attached hydrogen (secondary N) is 1. The van der Waals surface area contributed by atoms with E-state index in [4.69, 9.17) is 5.11 Å². The Kier molecular flexibility index (Phi) is 9.81. The van der Waals surface area contributed by atoms with Crippen LogP contribution in [0.3, 0.4) is 0 Å². The summed E-state index contributed by atoms with van der Waals surface area (Å²) in [7, 11) is 0. The minimum Gasteiger partial charge on any atom is -0.395 e. The maximum absolute atomic E-state index is 12.4. The first-order chi connectivity index (χ1) is 9.79. The van der Waals surface area contributed by atoms with E-state index in [0.29, 0.717) is 6.54 Å². The van der Waals surface area contributed by atoms with Crippen molar-refractivity contribution in [3.63, 3.8) is 0 Å². The lowest BCUT2D eigenvalue weighted by Gasteiger charge is -2.26. The first-order valence-electron chi connectivity index (χ1n) is 6.98. The number of alkyl halides is 2. The van der Waals surface area contributed by atoms with E-state index in [9.17, 15) is 18.4 Å². The number of carbonyl (C=O) groups is 2. The minimum atomic E-state index is -2.58. The van der Waals surface area contributed by atoms with E-state index < -0.39 is 18.9 Å². The molecule has 0 saturated heterocycles. The predicted molar refractivity (Wildman–Crippen MR) is 75.1 cm³/mol. The van der Waals surface area contributed by atoms with Gasteiger partial charge < -0.3 is 15.3 Å². The second-order valence-corrected chi connectivity index (χ2v) is 4.98. The van der Waals surface area contributed by atoms with Gasteiger partial charge in [0.05, 0.1) is 26.2 Å². The normalized spacial score (nSPS) is 11.3. The van der Waals surface area contributed by atoms with Gasteiger partial charge in [-0.3, -0.25) is 14.5 Å². The Balaban J connectivity index is 4.50. The van der Waals surface area contributed by atoms with Gasteiger partial charge in [-0.25, -0.2) is 8.78 Å². The Bertz CT molecular complexity index is 328. The fourth-order valence-corrected chi connectivity index (χ4v) is 1.78. The summed E-state index contributed by atoms with van der Waals surface area (Å²) in [6.45, 7) is 4.40. The van der Waals surface area contributed by atoms with Gasteiger partial charge in [0.1, 0.15) is 0 Å². The highest BCUT2D eigenvalue weighted by atomic mass is 19.3. The molecule has 0 radical (unpaired) electrons. The third-order valence-electron chi connectivity index (χ3n) is 2.69. The maximum Gasteiger partial charge on any atom is 0.251 e. The number of hydrogen-bond donors (Lipinski definition) is 2. The lowest BCUT2D eigenvalue weighted by atomic mass is 10.3. The molecule has 0 aliphatic heterocycles. The van der Waals surface area contributed by atoms with Crippen molar-refractivity contribution in [2.45, 2.75) is 33.2 Å². The average Bonchev–Trinajstić information content (AvgIpc) is 2.34. The summed E-state index contributed by atoms with van der Waals surface area (Å²) in [4.78, 5) is 26.2. The van der Waals surface area contributed by atoms with Gasteiger partial charge in [0.2, 0.25) is 11.8 Å². The molecule has 0 saturated carbocycles. The van der Waals surface area contributed by atoms with Crippen molar-refractivity contribution in [2.75, 3.05) is 39.3 Å². The van der Waals surface area contributed by atoms with E-state index in [1.165, 1.54) is 9.80 Å². The second kappa shape index (κ2) is 10.4. The van der Waals surface area contributed by atoms with E-state index >= 15 is 0 Å². The third-order valence-corrected chi connectivity index (χ3v) is 2.69. The summed E-state index contributed by atoms with van der Waals surface area (Å²) in [6.07, 6.45) is -2.58. The zero-order valence-corrected chi connectivity index (χ0v) is 12.8. The van der Waals surface area contributed by atoms with Crippen molar-refractivity contribution >= 4 is 11.8 Å². The van der Waals surface area contributed by atoms with Crippen LogP contribution in [0.5, 0.6) is 0 Å². The summed E-state index contributed by atoms with van der Waals surface area (Å²) < 4.78 is 24.8. The first kappa shape index (κ1) is 19.7. The van der Waals surface area contributed by atoms with Crippen LogP contribution in [0.25, 0.3) is 0 Å². The molecule has 0 spiro atoms. The van der Waals surface area contributed by atoms with Crippen LogP contribution in [-0.2, 0) is 9.59 Å². The zero-order chi connectivity index (χ0) is 16.4. The van der Waals surface area contributed by atoms with Gasteiger partial charge in [0.25, 0.3) is 6.43 Å². The van der Waals surface area contributed by atoms with Crippen molar-refractivity contribution in [3.8, 4) is 0 Å². The van der Waals surface area contributed by atoms with E-state index in [2.05, 4.69) is 5.32 Å². The first-order valence-corrected chi connectivity index (χ1v) is 6.98. The lowest BCUT2D eigenvalue weighted by molar-refractivity contribution is -0.137. The lowest BCUT2D eigenvalue weighted by Crippen LogP contribution is -2.47. The van der Waals surface area contributed by atoms with Gasteiger partial charge in [-0.2, -0.15) is 0 Å². The van der Waals surface area contributed by atoms with Crippen LogP contribution in [0.2, 0.25) is 0 Å². The van der Waals surface area contributed by atoms with Gasteiger partial charge in [-0.1, -0.05) is 0 Å². The van der Waals surface area contributed by atoms with Crippen LogP contribution in [0.1, 0.15) is 20.8 Å². The Morgan fingerprint density at radius 2 is 1.86 bits per heavy atom. The van der Waals surface area contributed by atoms with Crippen molar-refractivity contribution < 1.29 is 23.5 Å². The molecule has 0 heterocycles. The predicted octanol–water partition coefficient (Wildman–Crippen LogP) is -0.0811. The highest BCUT2D eigenvalue weighted by molar-refractivity contribution is 5.85. The van der Waals surface area contributed by atoms with Gasteiger partial charge >= 0.3 is 0 Å². The highest BCUT2D eigenvalue weighted by Gasteiger charge is 2.20. The number of halogens is 2. The molecular weight excluding hydrogens is 284 g/mol. The summed E-state index contributed by atoms with van der Waals surface area (Å²) in [5.41, 5.74) is 0. The number of carbonyl (C=O) groups excluding carboxylic acids is 2. The molecule has 0 aromatic carbocycles. The number of amides is 2. The Morgan fingerprint density at radius 3 is 2.29 bits per heavy atom. The second-order valence-electron chi connectivity index (χ2n) is 4.98. The standard InChI is InChI=1S/C13H25F2N3O3/c1-4-18(8-12(20)16-10(2)3)13(21)9-17(5-6-19)7-11(14)15/h10-11,19H,4-9H2,1-3H3,(H,16,20). The summed E-state index contributed by atoms with van der Waals surface area (Å²) >= 11 is 0. The molecule has 21 heavy (non-hydrogen) atoms. The number of hydrogen-bond acceptors (Lipinski definition) is 4. The zero-order valence-electron chi connectivity index (χ0n) is 12.8. The molecule has 0 atom stereocenters. The quantitative estimate of drug-likeness (QED) is 0.592. The molecule has 0 fully saturated rings. The number of aliphatic hydroxyl groups excluding tert-OH is 1. The summed E-state index contributed by atoms with van der Waals surface area (Å²) in [5.74, 6) is -0.701. The van der Waals surface area contributed by atoms with Gasteiger partial charge in [-0.05, 0) is 20.8 Å². The molecule has 0 aromatic heterocycles. The molecule has 0 unspecified atom stereocenters. The van der Waals surface area contributed by atoms with Crippen LogP contribution < -0.4 is 5.32 Å². The van der Waals surface area contributed by atoms with Gasteiger partial charge in [-0.15, -0.1) is 0 Å². The molecule has 0 aliphatic carbocycles. The molecular formula is C13H25F2N3O3. The van der Waals surface area contributed by atoms with Crippen LogP contribution in [-0.4, -0.2) is 78.5 Å². The van der Waals surface area contributed by atoms with Crippen LogP contribution in [0.15, 0.2) is 0 Å². The van der Waals surface area contributed by atoms with Crippen LogP contribution in [0.4, 0.5) is 8.78 Å². The van der Waals surface area contributed by atoms with Crippen molar-refractivity contribution in [3.05, 3.63) is 0 Å². The average molecular weight is 309 g/mol. The highest BCUT2D eigenvalue weighted by Crippen LogP contribution is 2.00. The van der Waals surface area contributed by atoms with Gasteiger partial charge in [0.15, 0.2) is 0 Å². The molecule has 6 nitrogen and oxygen atoms in total. The van der Waals surface area contributed by atoms with Crippen molar-refractivity contribution in [2.24, 2.45) is 0 Å². The van der Waals surface area contributed by atoms with E-state index in [1.54, 1.807) is 6.92 Å². The van der Waals surface area contributed by atoms with E-state index in [1.807, 2.05) is 13.8 Å². The fourth-order valence-electron chi connectivity index (χ4n) is 1.78. The summed E-state index contributed by atoms with van der Waals surface area (Å²) in [5, 5.41) is 11.5. The Hall–Kier alpha value is -1.28. The molecule has 124 valence electrons. The Morgan fingerprint density at radius 1 is 1.24 bits per heavy atom. The van der Waals surface area contributed by atoms with Crippen molar-refractivity contribution in [1.82, 2.24) is 15.1 Å². The third kappa shape index (κ3) is 9.30. The van der Waals surface area contributed by atoms with E-state index in [0.717, 1.165) is 0 Å². The number of nitrogens with zero attached hydrogens (tertiary/aromatic N) is 2. The van der Waals surface area contributed by atoms with Crippen molar-refractivity contribution in [1.29, 1.82) is 0 Å². The molecule has 2 amide bonds. The molecule has 0 rings (SSSR count). The Labute approximate surface area is 124 Å². The van der Waals surface area contributed by atoms with Gasteiger partial charge in [0, 0.05) is 19.1 Å². The molecule has 0 aliphatic rings. The minimum absolute atomic E-state index is 0.00811. The SMILES string of the molecule is CCN(CC(=O)NC(C)C)C(=O)CN(CCO)CC(F)F. The number of likely N-dealkylation sites (N-methyl/N-ethyl adjacent to an activating group) is 1. The van der Waals surface area contributed by atoms with Crippen LogP contribution >= 0.6 is 0 Å². The molecule has 0 aromatic rings.